The van der Waals surface area contributed by atoms with Gasteiger partial charge in [-0.1, -0.05) is 23.7 Å². The second-order valence-corrected chi connectivity index (χ2v) is 7.67. The van der Waals surface area contributed by atoms with Crippen LogP contribution in [0.2, 0.25) is 5.02 Å². The van der Waals surface area contributed by atoms with Gasteiger partial charge in [-0.3, -0.25) is 9.78 Å². The standard InChI is InChI=1S/C22H21ClFN7O2/c1-14-3-2-4-17(23)19(14)28-21(32)15-5-6-25-16(11-15)12-27-30-22-26-13-18(24)20(29-22)31-7-9-33-10-8-31/h2-6,11,13H,7-10,12H2,1H3,(H,28,32). The van der Waals surface area contributed by atoms with Crippen molar-refractivity contribution in [2.75, 3.05) is 36.5 Å². The highest BCUT2D eigenvalue weighted by atomic mass is 35.5. The van der Waals surface area contributed by atoms with Gasteiger partial charge in [0, 0.05) is 24.8 Å². The average Bonchev–Trinajstić information content (AvgIpc) is 2.83. The van der Waals surface area contributed by atoms with Crippen LogP contribution in [0.4, 0.5) is 21.8 Å². The van der Waals surface area contributed by atoms with Crippen molar-refractivity contribution < 1.29 is 13.9 Å². The van der Waals surface area contributed by atoms with Crippen molar-refractivity contribution in [3.05, 3.63) is 70.4 Å². The molecule has 1 fully saturated rings. The topological polar surface area (TPSA) is 105 Å². The lowest BCUT2D eigenvalue weighted by atomic mass is 10.1. The molecule has 11 heteroatoms. The number of benzene rings is 1. The van der Waals surface area contributed by atoms with Crippen molar-refractivity contribution in [2.45, 2.75) is 13.5 Å². The van der Waals surface area contributed by atoms with E-state index in [1.807, 2.05) is 19.1 Å². The number of amides is 1. The van der Waals surface area contributed by atoms with Crippen LogP contribution in [-0.2, 0) is 11.3 Å². The number of carbonyl (C=O) groups is 1. The number of anilines is 2. The fraction of sp³-hybridized carbons (Fsp3) is 0.273. The Morgan fingerprint density at radius 1 is 1.27 bits per heavy atom. The van der Waals surface area contributed by atoms with Gasteiger partial charge in [-0.25, -0.2) is 9.37 Å². The monoisotopic (exact) mass is 469 g/mol. The lowest BCUT2D eigenvalue weighted by Gasteiger charge is -2.27. The second-order valence-electron chi connectivity index (χ2n) is 7.26. The Labute approximate surface area is 194 Å². The quantitative estimate of drug-likeness (QED) is 0.538. The van der Waals surface area contributed by atoms with Crippen molar-refractivity contribution in [2.24, 2.45) is 10.2 Å². The van der Waals surface area contributed by atoms with E-state index in [0.29, 0.717) is 48.3 Å². The molecule has 0 atom stereocenters. The number of ether oxygens (including phenoxy) is 1. The van der Waals surface area contributed by atoms with E-state index in [1.165, 1.54) is 6.20 Å². The number of pyridine rings is 1. The molecule has 1 aromatic carbocycles. The summed E-state index contributed by atoms with van der Waals surface area (Å²) in [7, 11) is 0. The van der Waals surface area contributed by atoms with Gasteiger partial charge in [-0.2, -0.15) is 10.1 Å². The number of nitrogens with zero attached hydrogens (tertiary/aromatic N) is 6. The summed E-state index contributed by atoms with van der Waals surface area (Å²) < 4.78 is 19.4. The minimum absolute atomic E-state index is 0.0426. The zero-order valence-electron chi connectivity index (χ0n) is 17.8. The predicted octanol–water partition coefficient (Wildman–Crippen LogP) is 4.35. The van der Waals surface area contributed by atoms with Gasteiger partial charge >= 0.3 is 0 Å². The number of aryl methyl sites for hydroxylation is 1. The number of aromatic nitrogens is 3. The number of hydrogen-bond acceptors (Lipinski definition) is 8. The van der Waals surface area contributed by atoms with Crippen LogP contribution in [0.25, 0.3) is 0 Å². The first-order valence-electron chi connectivity index (χ1n) is 10.3. The van der Waals surface area contributed by atoms with Crippen LogP contribution >= 0.6 is 11.6 Å². The van der Waals surface area contributed by atoms with E-state index in [-0.39, 0.29) is 24.2 Å². The molecule has 1 aliphatic rings. The largest absolute Gasteiger partial charge is 0.378 e. The first-order chi connectivity index (χ1) is 16.0. The number of morpholine rings is 1. The molecule has 0 saturated carbocycles. The molecule has 1 saturated heterocycles. The van der Waals surface area contributed by atoms with Gasteiger partial charge in [-0.15, -0.1) is 5.11 Å². The van der Waals surface area contributed by atoms with Gasteiger partial charge in [-0.05, 0) is 30.7 Å². The molecule has 3 aromatic rings. The molecule has 3 heterocycles. The maximum Gasteiger partial charge on any atom is 0.270 e. The van der Waals surface area contributed by atoms with E-state index in [2.05, 4.69) is 30.5 Å². The average molecular weight is 470 g/mol. The lowest BCUT2D eigenvalue weighted by Crippen LogP contribution is -2.37. The summed E-state index contributed by atoms with van der Waals surface area (Å²) in [6.45, 7) is 4.05. The first kappa shape index (κ1) is 22.7. The SMILES string of the molecule is Cc1cccc(Cl)c1NC(=O)c1ccnc(CN=Nc2ncc(F)c(N3CCOCC3)n2)c1. The lowest BCUT2D eigenvalue weighted by molar-refractivity contribution is 0.102. The van der Waals surface area contributed by atoms with Crippen LogP contribution in [0.3, 0.4) is 0 Å². The molecule has 170 valence electrons. The van der Waals surface area contributed by atoms with E-state index in [0.717, 1.165) is 11.8 Å². The van der Waals surface area contributed by atoms with Gasteiger partial charge in [0.05, 0.1) is 35.8 Å². The zero-order valence-corrected chi connectivity index (χ0v) is 18.6. The highest BCUT2D eigenvalue weighted by molar-refractivity contribution is 6.34. The Morgan fingerprint density at radius 2 is 2.09 bits per heavy atom. The van der Waals surface area contributed by atoms with Crippen molar-refractivity contribution in [1.82, 2.24) is 15.0 Å². The molecule has 0 spiro atoms. The van der Waals surface area contributed by atoms with Crippen LogP contribution in [0.1, 0.15) is 21.6 Å². The number of carbonyl (C=O) groups excluding carboxylic acids is 1. The van der Waals surface area contributed by atoms with E-state index in [1.54, 1.807) is 23.1 Å². The summed E-state index contributed by atoms with van der Waals surface area (Å²) in [6, 6.07) is 8.61. The Hall–Kier alpha value is -3.50. The van der Waals surface area contributed by atoms with Gasteiger partial charge in [0.1, 0.15) is 6.54 Å². The van der Waals surface area contributed by atoms with E-state index >= 15 is 0 Å². The van der Waals surface area contributed by atoms with E-state index < -0.39 is 5.82 Å². The summed E-state index contributed by atoms with van der Waals surface area (Å²) in [4.78, 5) is 26.7. The molecule has 9 nitrogen and oxygen atoms in total. The molecule has 1 aliphatic heterocycles. The van der Waals surface area contributed by atoms with E-state index in [4.69, 9.17) is 16.3 Å². The Kier molecular flexibility index (Phi) is 7.16. The van der Waals surface area contributed by atoms with Crippen molar-refractivity contribution in [3.63, 3.8) is 0 Å². The summed E-state index contributed by atoms with van der Waals surface area (Å²) >= 11 is 6.19. The fourth-order valence-corrected chi connectivity index (χ4v) is 3.52. The van der Waals surface area contributed by atoms with Crippen molar-refractivity contribution >= 4 is 35.0 Å². The molecule has 0 aliphatic carbocycles. The smallest absolute Gasteiger partial charge is 0.270 e. The van der Waals surface area contributed by atoms with Crippen molar-refractivity contribution in [1.29, 1.82) is 0 Å². The van der Waals surface area contributed by atoms with Crippen LogP contribution in [0, 0.1) is 12.7 Å². The third kappa shape index (κ3) is 5.65. The maximum atomic E-state index is 14.1. The normalized spacial score (nSPS) is 14.0. The van der Waals surface area contributed by atoms with Crippen LogP contribution in [0.5, 0.6) is 0 Å². The Bertz CT molecular complexity index is 1160. The number of rotatable bonds is 6. The van der Waals surface area contributed by atoms with Crippen LogP contribution < -0.4 is 10.2 Å². The van der Waals surface area contributed by atoms with E-state index in [9.17, 15) is 9.18 Å². The van der Waals surface area contributed by atoms with Crippen LogP contribution in [0.15, 0.2) is 53.0 Å². The number of hydrogen-bond donors (Lipinski definition) is 1. The number of azo groups is 1. The highest BCUT2D eigenvalue weighted by Gasteiger charge is 2.18. The van der Waals surface area contributed by atoms with Gasteiger partial charge in [0.15, 0.2) is 11.6 Å². The molecule has 33 heavy (non-hydrogen) atoms. The van der Waals surface area contributed by atoms with Gasteiger partial charge in [0.2, 0.25) is 0 Å². The third-order valence-electron chi connectivity index (χ3n) is 4.96. The van der Waals surface area contributed by atoms with Gasteiger partial charge in [0.25, 0.3) is 11.9 Å². The molecular formula is C22H21ClFN7O2. The molecule has 4 rings (SSSR count). The summed E-state index contributed by atoms with van der Waals surface area (Å²) in [6.07, 6.45) is 2.59. The fourth-order valence-electron chi connectivity index (χ4n) is 3.25. The minimum Gasteiger partial charge on any atom is -0.378 e. The first-order valence-corrected chi connectivity index (χ1v) is 10.6. The third-order valence-corrected chi connectivity index (χ3v) is 5.27. The highest BCUT2D eigenvalue weighted by Crippen LogP contribution is 2.26. The molecule has 0 bridgehead atoms. The Balaban J connectivity index is 1.43. The van der Waals surface area contributed by atoms with Crippen molar-refractivity contribution in [3.8, 4) is 0 Å². The number of para-hydroxylation sites is 1. The summed E-state index contributed by atoms with van der Waals surface area (Å²) in [5.74, 6) is -0.622. The molecule has 0 unspecified atom stereocenters. The zero-order chi connectivity index (χ0) is 23.2. The number of nitrogens with one attached hydrogen (secondary N) is 1. The van der Waals surface area contributed by atoms with Crippen LogP contribution in [-0.4, -0.2) is 47.2 Å². The summed E-state index contributed by atoms with van der Waals surface area (Å²) in [5, 5.41) is 11.3. The number of halogens is 2. The molecule has 1 N–H and O–H groups in total. The molecule has 1 amide bonds. The van der Waals surface area contributed by atoms with Gasteiger partial charge < -0.3 is 15.0 Å². The Morgan fingerprint density at radius 3 is 2.88 bits per heavy atom. The molecule has 0 radical (unpaired) electrons. The predicted molar refractivity (Wildman–Crippen MR) is 122 cm³/mol. The maximum absolute atomic E-state index is 14.1. The second kappa shape index (κ2) is 10.4. The summed E-state index contributed by atoms with van der Waals surface area (Å²) in [5.41, 5.74) is 2.35. The molecule has 2 aromatic heterocycles. The minimum atomic E-state index is -0.523. The molecular weight excluding hydrogens is 449 g/mol.